The summed E-state index contributed by atoms with van der Waals surface area (Å²) in [5, 5.41) is 10.1. The first-order valence-electron chi connectivity index (χ1n) is 8.29. The zero-order valence-electron chi connectivity index (χ0n) is 13.6. The molecular formula is C17H24N4S2. The topological polar surface area (TPSA) is 49.3 Å². The monoisotopic (exact) mass is 348 g/mol. The van der Waals surface area contributed by atoms with Crippen LogP contribution in [-0.2, 0) is 25.8 Å². The van der Waals surface area contributed by atoms with Gasteiger partial charge in [0.15, 0.2) is 5.96 Å². The van der Waals surface area contributed by atoms with Gasteiger partial charge in [-0.2, -0.15) is 0 Å². The predicted octanol–water partition coefficient (Wildman–Crippen LogP) is 3.38. The number of hydrogen-bond acceptors (Lipinski definition) is 4. The Balaban J connectivity index is 1.37. The first-order valence-corrected chi connectivity index (χ1v) is 9.99. The van der Waals surface area contributed by atoms with Crippen LogP contribution in [0, 0.1) is 0 Å². The van der Waals surface area contributed by atoms with E-state index in [-0.39, 0.29) is 0 Å². The molecule has 4 nitrogen and oxygen atoms in total. The van der Waals surface area contributed by atoms with Crippen molar-refractivity contribution in [2.75, 3.05) is 13.6 Å². The largest absolute Gasteiger partial charge is 0.356 e. The highest BCUT2D eigenvalue weighted by atomic mass is 32.1. The Hall–Kier alpha value is -1.40. The Morgan fingerprint density at radius 1 is 1.30 bits per heavy atom. The van der Waals surface area contributed by atoms with Crippen molar-refractivity contribution in [3.8, 4) is 0 Å². The minimum Gasteiger partial charge on any atom is -0.356 e. The lowest BCUT2D eigenvalue weighted by Gasteiger charge is -2.10. The number of aliphatic imine (C=N–C) groups is 1. The quantitative estimate of drug-likeness (QED) is 0.478. The maximum absolute atomic E-state index is 4.80. The van der Waals surface area contributed by atoms with Crippen LogP contribution in [0.5, 0.6) is 0 Å². The summed E-state index contributed by atoms with van der Waals surface area (Å²) in [6, 6.07) is 4.21. The lowest BCUT2D eigenvalue weighted by molar-refractivity contribution is 0.678. The van der Waals surface area contributed by atoms with E-state index in [1.165, 1.54) is 46.1 Å². The number of hydrogen-bond donors (Lipinski definition) is 2. The minimum atomic E-state index is 0.830. The van der Waals surface area contributed by atoms with Crippen LogP contribution in [0.1, 0.15) is 39.7 Å². The molecule has 0 fully saturated rings. The minimum absolute atomic E-state index is 0.830. The first-order chi connectivity index (χ1) is 11.3. The second kappa shape index (κ2) is 8.45. The Morgan fingerprint density at radius 3 is 3.00 bits per heavy atom. The molecule has 2 heterocycles. The number of rotatable bonds is 6. The lowest BCUT2D eigenvalue weighted by Crippen LogP contribution is -2.37. The molecule has 0 saturated carbocycles. The van der Waals surface area contributed by atoms with Crippen molar-refractivity contribution in [3.05, 3.63) is 38.0 Å². The van der Waals surface area contributed by atoms with Gasteiger partial charge in [-0.05, 0) is 43.6 Å². The molecule has 0 bridgehead atoms. The van der Waals surface area contributed by atoms with Crippen LogP contribution in [0.3, 0.4) is 0 Å². The van der Waals surface area contributed by atoms with Gasteiger partial charge in [-0.1, -0.05) is 6.07 Å². The zero-order chi connectivity index (χ0) is 15.9. The van der Waals surface area contributed by atoms with Gasteiger partial charge in [0.2, 0.25) is 0 Å². The molecule has 0 radical (unpaired) electrons. The molecule has 0 aliphatic heterocycles. The highest BCUT2D eigenvalue weighted by molar-refractivity contribution is 7.11. The summed E-state index contributed by atoms with van der Waals surface area (Å²) in [5.74, 6) is 0.872. The number of nitrogens with one attached hydrogen (secondary N) is 2. The summed E-state index contributed by atoms with van der Waals surface area (Å²) in [6.45, 7) is 1.75. The van der Waals surface area contributed by atoms with Crippen LogP contribution in [0.2, 0.25) is 0 Å². The molecule has 0 atom stereocenters. The Bertz CT molecular complexity index is 608. The van der Waals surface area contributed by atoms with Crippen molar-refractivity contribution in [1.82, 2.24) is 15.6 Å². The van der Waals surface area contributed by atoms with Gasteiger partial charge in [-0.3, -0.25) is 4.99 Å². The zero-order valence-corrected chi connectivity index (χ0v) is 15.2. The molecule has 23 heavy (non-hydrogen) atoms. The van der Waals surface area contributed by atoms with Crippen LogP contribution < -0.4 is 10.6 Å². The van der Waals surface area contributed by atoms with Crippen molar-refractivity contribution < 1.29 is 0 Å². The van der Waals surface area contributed by atoms with Gasteiger partial charge in [-0.15, -0.1) is 22.7 Å². The van der Waals surface area contributed by atoms with Gasteiger partial charge in [0, 0.05) is 29.8 Å². The third-order valence-electron chi connectivity index (χ3n) is 3.98. The summed E-state index contributed by atoms with van der Waals surface area (Å²) in [4.78, 5) is 11.9. The van der Waals surface area contributed by atoms with Gasteiger partial charge >= 0.3 is 0 Å². The fraction of sp³-hybridized carbons (Fsp3) is 0.529. The highest BCUT2D eigenvalue weighted by Crippen LogP contribution is 2.27. The van der Waals surface area contributed by atoms with E-state index in [0.717, 1.165) is 31.9 Å². The number of fused-ring (bicyclic) bond motifs is 1. The van der Waals surface area contributed by atoms with Crippen molar-refractivity contribution in [2.24, 2.45) is 4.99 Å². The molecule has 0 unspecified atom stereocenters. The van der Waals surface area contributed by atoms with Gasteiger partial charge in [0.05, 0.1) is 17.2 Å². The standard InChI is InChI=1S/C17H24N4S2/c1-18-17(20-12-13-6-5-11-22-13)19-10-4-9-16-21-14-7-2-3-8-15(14)23-16/h5-6,11H,2-4,7-10,12H2,1H3,(H2,18,19,20). The van der Waals surface area contributed by atoms with Crippen molar-refractivity contribution in [2.45, 2.75) is 45.1 Å². The van der Waals surface area contributed by atoms with E-state index in [1.54, 1.807) is 11.3 Å². The van der Waals surface area contributed by atoms with E-state index >= 15 is 0 Å². The van der Waals surface area contributed by atoms with Gasteiger partial charge in [0.1, 0.15) is 0 Å². The maximum atomic E-state index is 4.80. The van der Waals surface area contributed by atoms with Crippen LogP contribution in [0.4, 0.5) is 0 Å². The lowest BCUT2D eigenvalue weighted by atomic mass is 10.0. The molecule has 2 N–H and O–H groups in total. The molecule has 1 aliphatic rings. The first kappa shape index (κ1) is 16.5. The molecule has 124 valence electrons. The molecular weight excluding hydrogens is 324 g/mol. The van der Waals surface area contributed by atoms with Gasteiger partial charge in [0.25, 0.3) is 0 Å². The predicted molar refractivity (Wildman–Crippen MR) is 99.6 cm³/mol. The summed E-state index contributed by atoms with van der Waals surface area (Å²) in [5.41, 5.74) is 1.37. The molecule has 2 aromatic heterocycles. The number of aryl methyl sites for hydroxylation is 3. The number of thiophene rings is 1. The van der Waals surface area contributed by atoms with Crippen LogP contribution in [0.15, 0.2) is 22.5 Å². The van der Waals surface area contributed by atoms with Crippen molar-refractivity contribution >= 4 is 28.6 Å². The molecule has 0 spiro atoms. The van der Waals surface area contributed by atoms with E-state index in [9.17, 15) is 0 Å². The summed E-state index contributed by atoms with van der Waals surface area (Å²) in [7, 11) is 1.82. The van der Waals surface area contributed by atoms with Crippen LogP contribution >= 0.6 is 22.7 Å². The molecule has 0 amide bonds. The number of aromatic nitrogens is 1. The van der Waals surface area contributed by atoms with E-state index in [4.69, 9.17) is 4.98 Å². The normalized spacial score (nSPS) is 14.6. The Morgan fingerprint density at radius 2 is 2.22 bits per heavy atom. The summed E-state index contributed by atoms with van der Waals surface area (Å²) < 4.78 is 0. The number of thiazole rings is 1. The number of nitrogens with zero attached hydrogens (tertiary/aromatic N) is 2. The second-order valence-corrected chi connectivity index (χ2v) is 7.92. The van der Waals surface area contributed by atoms with E-state index in [1.807, 2.05) is 18.4 Å². The van der Waals surface area contributed by atoms with Crippen LogP contribution in [0.25, 0.3) is 0 Å². The second-order valence-electron chi connectivity index (χ2n) is 5.72. The van der Waals surface area contributed by atoms with E-state index in [2.05, 4.69) is 33.1 Å². The van der Waals surface area contributed by atoms with Crippen LogP contribution in [-0.4, -0.2) is 24.5 Å². The third-order valence-corrected chi connectivity index (χ3v) is 6.08. The maximum Gasteiger partial charge on any atom is 0.191 e. The molecule has 6 heteroatoms. The van der Waals surface area contributed by atoms with Crippen molar-refractivity contribution in [3.63, 3.8) is 0 Å². The SMILES string of the molecule is CN=C(NCCCc1nc2c(s1)CCCC2)NCc1cccs1. The average molecular weight is 349 g/mol. The van der Waals surface area contributed by atoms with Crippen molar-refractivity contribution in [1.29, 1.82) is 0 Å². The van der Waals surface area contributed by atoms with E-state index < -0.39 is 0 Å². The van der Waals surface area contributed by atoms with Gasteiger partial charge < -0.3 is 10.6 Å². The summed E-state index contributed by atoms with van der Waals surface area (Å²) in [6.07, 6.45) is 7.22. The Kier molecular flexibility index (Phi) is 6.05. The smallest absolute Gasteiger partial charge is 0.191 e. The fourth-order valence-corrected chi connectivity index (χ4v) is 4.61. The molecule has 0 aromatic carbocycles. The molecule has 1 aliphatic carbocycles. The third kappa shape index (κ3) is 4.78. The number of guanidine groups is 1. The molecule has 0 saturated heterocycles. The van der Waals surface area contributed by atoms with E-state index in [0.29, 0.717) is 0 Å². The highest BCUT2D eigenvalue weighted by Gasteiger charge is 2.14. The molecule has 2 aromatic rings. The van der Waals surface area contributed by atoms with Gasteiger partial charge in [-0.25, -0.2) is 4.98 Å². The molecule has 3 rings (SSSR count). The summed E-state index contributed by atoms with van der Waals surface area (Å²) >= 11 is 3.69. The average Bonchev–Trinajstić information content (AvgIpc) is 3.23. The Labute approximate surface area is 146 Å². The fourth-order valence-electron chi connectivity index (χ4n) is 2.76.